The van der Waals surface area contributed by atoms with Gasteiger partial charge in [-0.2, -0.15) is 26.3 Å². The van der Waals surface area contributed by atoms with Gasteiger partial charge in [-0.1, -0.05) is 20.8 Å². The molecule has 0 spiro atoms. The zero-order valence-corrected chi connectivity index (χ0v) is 10.5. The Morgan fingerprint density at radius 3 is 1.56 bits per heavy atom. The van der Waals surface area contributed by atoms with Crippen molar-refractivity contribution >= 4 is 0 Å². The van der Waals surface area contributed by atoms with E-state index >= 15 is 0 Å². The first-order valence-electron chi connectivity index (χ1n) is 5.22. The quantitative estimate of drug-likeness (QED) is 0.799. The lowest BCUT2D eigenvalue weighted by Crippen LogP contribution is -2.49. The van der Waals surface area contributed by atoms with Crippen molar-refractivity contribution in [2.75, 3.05) is 13.7 Å². The highest BCUT2D eigenvalue weighted by Gasteiger charge is 2.58. The highest BCUT2D eigenvalue weighted by atomic mass is 19.4. The topological polar surface area (TPSA) is 21.3 Å². The number of rotatable bonds is 4. The predicted molar refractivity (Wildman–Crippen MR) is 54.2 cm³/mol. The molecular formula is C10H17F6NO. The van der Waals surface area contributed by atoms with Gasteiger partial charge in [0, 0.05) is 6.04 Å². The summed E-state index contributed by atoms with van der Waals surface area (Å²) in [5, 5.41) is 2.64. The lowest BCUT2D eigenvalue weighted by molar-refractivity contribution is -0.323. The van der Waals surface area contributed by atoms with Crippen LogP contribution in [-0.2, 0) is 4.74 Å². The Labute approximate surface area is 102 Å². The van der Waals surface area contributed by atoms with Gasteiger partial charge in [-0.05, 0) is 12.5 Å². The average Bonchev–Trinajstić information content (AvgIpc) is 2.05. The van der Waals surface area contributed by atoms with Crippen molar-refractivity contribution < 1.29 is 31.1 Å². The molecule has 2 nitrogen and oxygen atoms in total. The van der Waals surface area contributed by atoms with Crippen LogP contribution >= 0.6 is 0 Å². The lowest BCUT2D eigenvalue weighted by Gasteiger charge is -2.32. The maximum absolute atomic E-state index is 12.2. The molecule has 1 atom stereocenters. The second-order valence-corrected chi connectivity index (χ2v) is 5.00. The van der Waals surface area contributed by atoms with E-state index in [0.29, 0.717) is 0 Å². The van der Waals surface area contributed by atoms with E-state index in [1.807, 2.05) is 0 Å². The number of likely N-dealkylation sites (N-methyl/N-ethyl adjacent to an activating group) is 1. The zero-order valence-electron chi connectivity index (χ0n) is 10.5. The van der Waals surface area contributed by atoms with Gasteiger partial charge in [0.1, 0.15) is 0 Å². The summed E-state index contributed by atoms with van der Waals surface area (Å²) in [6, 6.07) is -0.621. The Morgan fingerprint density at radius 1 is 0.944 bits per heavy atom. The molecule has 18 heavy (non-hydrogen) atoms. The van der Waals surface area contributed by atoms with E-state index < -0.39 is 36.5 Å². The van der Waals surface area contributed by atoms with Crippen LogP contribution in [0.2, 0.25) is 0 Å². The van der Waals surface area contributed by atoms with Gasteiger partial charge in [-0.15, -0.1) is 0 Å². The van der Waals surface area contributed by atoms with Crippen LogP contribution in [0.4, 0.5) is 26.3 Å². The Hall–Kier alpha value is -0.500. The summed E-state index contributed by atoms with van der Waals surface area (Å²) in [7, 11) is 1.45. The van der Waals surface area contributed by atoms with E-state index in [0.717, 1.165) is 0 Å². The third-order valence-electron chi connectivity index (χ3n) is 2.42. The van der Waals surface area contributed by atoms with Gasteiger partial charge in [0.05, 0.1) is 6.61 Å². The molecule has 0 aromatic carbocycles. The van der Waals surface area contributed by atoms with Crippen molar-refractivity contribution in [3.8, 4) is 0 Å². The van der Waals surface area contributed by atoms with Gasteiger partial charge >= 0.3 is 12.4 Å². The monoisotopic (exact) mass is 281 g/mol. The first-order chi connectivity index (χ1) is 7.80. The van der Waals surface area contributed by atoms with Crippen LogP contribution in [0.25, 0.3) is 0 Å². The SMILES string of the molecule is CNC(COC(C(F)(F)F)C(F)(F)F)C(C)(C)C. The van der Waals surface area contributed by atoms with Crippen molar-refractivity contribution in [3.63, 3.8) is 0 Å². The van der Waals surface area contributed by atoms with Crippen LogP contribution < -0.4 is 5.32 Å². The number of ether oxygens (including phenoxy) is 1. The van der Waals surface area contributed by atoms with E-state index in [-0.39, 0.29) is 0 Å². The molecule has 0 aliphatic heterocycles. The molecule has 0 heterocycles. The van der Waals surface area contributed by atoms with Gasteiger partial charge in [0.2, 0.25) is 6.10 Å². The largest absolute Gasteiger partial charge is 0.423 e. The number of hydrogen-bond donors (Lipinski definition) is 1. The van der Waals surface area contributed by atoms with E-state index in [1.165, 1.54) is 7.05 Å². The second kappa shape index (κ2) is 5.64. The Bertz CT molecular complexity index is 241. The molecule has 0 aromatic rings. The Balaban J connectivity index is 4.74. The number of alkyl halides is 6. The molecular weight excluding hydrogens is 264 g/mol. The molecule has 0 rings (SSSR count). The van der Waals surface area contributed by atoms with Crippen LogP contribution in [0.5, 0.6) is 0 Å². The van der Waals surface area contributed by atoms with Gasteiger partial charge < -0.3 is 10.1 Å². The van der Waals surface area contributed by atoms with Gasteiger partial charge in [0.25, 0.3) is 0 Å². The summed E-state index contributed by atoms with van der Waals surface area (Å²) >= 11 is 0. The third-order valence-corrected chi connectivity index (χ3v) is 2.42. The van der Waals surface area contributed by atoms with Crippen LogP contribution in [-0.4, -0.2) is 38.2 Å². The van der Waals surface area contributed by atoms with Gasteiger partial charge in [-0.25, -0.2) is 0 Å². The summed E-state index contributed by atoms with van der Waals surface area (Å²) in [5.41, 5.74) is -0.517. The molecule has 8 heteroatoms. The third kappa shape index (κ3) is 5.43. The summed E-state index contributed by atoms with van der Waals surface area (Å²) in [5.74, 6) is 0. The standard InChI is InChI=1S/C10H17F6NO/c1-8(2,3)6(17-4)5-18-7(9(11,12)13)10(14,15)16/h6-7,17H,5H2,1-4H3. The Kier molecular flexibility index (Phi) is 5.49. The normalized spacial score (nSPS) is 16.2. The van der Waals surface area contributed by atoms with Crippen LogP contribution in [0.15, 0.2) is 0 Å². The van der Waals surface area contributed by atoms with Crippen molar-refractivity contribution in [2.45, 2.75) is 45.3 Å². The first-order valence-corrected chi connectivity index (χ1v) is 5.22. The highest BCUT2D eigenvalue weighted by molar-refractivity contribution is 4.82. The van der Waals surface area contributed by atoms with Crippen molar-refractivity contribution in [3.05, 3.63) is 0 Å². The van der Waals surface area contributed by atoms with E-state index in [9.17, 15) is 26.3 Å². The molecule has 110 valence electrons. The van der Waals surface area contributed by atoms with Crippen LogP contribution in [0.3, 0.4) is 0 Å². The van der Waals surface area contributed by atoms with Crippen molar-refractivity contribution in [1.29, 1.82) is 0 Å². The number of nitrogens with one attached hydrogen (secondary N) is 1. The summed E-state index contributed by atoms with van der Waals surface area (Å²) in [4.78, 5) is 0. The molecule has 0 saturated carbocycles. The minimum atomic E-state index is -5.46. The van der Waals surface area contributed by atoms with E-state index in [4.69, 9.17) is 0 Å². The maximum atomic E-state index is 12.2. The molecule has 0 bridgehead atoms. The molecule has 0 aromatic heterocycles. The van der Waals surface area contributed by atoms with Gasteiger partial charge in [0.15, 0.2) is 0 Å². The molecule has 0 saturated heterocycles. The summed E-state index contributed by atoms with van der Waals surface area (Å²) in [6.45, 7) is 4.39. The number of hydrogen-bond acceptors (Lipinski definition) is 2. The minimum absolute atomic E-state index is 0.517. The van der Waals surface area contributed by atoms with E-state index in [2.05, 4.69) is 10.1 Å². The predicted octanol–water partition coefficient (Wildman–Crippen LogP) is 3.13. The van der Waals surface area contributed by atoms with Crippen LogP contribution in [0.1, 0.15) is 20.8 Å². The lowest BCUT2D eigenvalue weighted by atomic mass is 9.87. The van der Waals surface area contributed by atoms with Crippen molar-refractivity contribution in [2.24, 2.45) is 5.41 Å². The smallest absolute Gasteiger partial charge is 0.359 e. The van der Waals surface area contributed by atoms with Gasteiger partial charge in [-0.3, -0.25) is 0 Å². The molecule has 0 fully saturated rings. The zero-order chi connectivity index (χ0) is 14.8. The minimum Gasteiger partial charge on any atom is -0.359 e. The van der Waals surface area contributed by atoms with E-state index in [1.54, 1.807) is 20.8 Å². The first kappa shape index (κ1) is 17.5. The maximum Gasteiger partial charge on any atom is 0.423 e. The summed E-state index contributed by atoms with van der Waals surface area (Å²) in [6.07, 6.45) is -14.7. The molecule has 0 aliphatic rings. The molecule has 1 N–H and O–H groups in total. The van der Waals surface area contributed by atoms with Crippen molar-refractivity contribution in [1.82, 2.24) is 5.32 Å². The second-order valence-electron chi connectivity index (χ2n) is 5.00. The molecule has 0 amide bonds. The fraction of sp³-hybridized carbons (Fsp3) is 1.00. The van der Waals surface area contributed by atoms with Crippen LogP contribution in [0, 0.1) is 5.41 Å². The molecule has 1 unspecified atom stereocenters. The molecule has 0 aliphatic carbocycles. The molecule has 0 radical (unpaired) electrons. The fourth-order valence-electron chi connectivity index (χ4n) is 1.33. The number of halogens is 6. The Morgan fingerprint density at radius 2 is 1.33 bits per heavy atom. The summed E-state index contributed by atoms with van der Waals surface area (Å²) < 4.78 is 77.2. The fourth-order valence-corrected chi connectivity index (χ4v) is 1.33. The highest BCUT2D eigenvalue weighted by Crippen LogP contribution is 2.36. The average molecular weight is 281 g/mol.